The molecule has 2 aliphatic rings. The van der Waals surface area contributed by atoms with Crippen molar-refractivity contribution < 1.29 is 4.79 Å². The Morgan fingerprint density at radius 1 is 1.44 bits per heavy atom. The van der Waals surface area contributed by atoms with E-state index < -0.39 is 5.92 Å². The topological polar surface area (TPSA) is 44.1 Å². The lowest BCUT2D eigenvalue weighted by molar-refractivity contribution is -0.134. The first-order valence-corrected chi connectivity index (χ1v) is 6.46. The molecule has 0 saturated heterocycles. The van der Waals surface area contributed by atoms with E-state index in [1.165, 1.54) is 12.8 Å². The molecule has 1 unspecified atom stereocenters. The van der Waals surface area contributed by atoms with E-state index in [0.29, 0.717) is 12.5 Å². The summed E-state index contributed by atoms with van der Waals surface area (Å²) in [7, 11) is 0. The summed E-state index contributed by atoms with van der Waals surface area (Å²) >= 11 is 0. The lowest BCUT2D eigenvalue weighted by Gasteiger charge is -2.24. The van der Waals surface area contributed by atoms with E-state index in [-0.39, 0.29) is 5.91 Å². The molecule has 0 aliphatic heterocycles. The second-order valence-corrected chi connectivity index (χ2v) is 5.14. The van der Waals surface area contributed by atoms with Gasteiger partial charge in [-0.15, -0.1) is 0 Å². The first-order valence-electron chi connectivity index (χ1n) is 6.46. The minimum atomic E-state index is -0.399. The van der Waals surface area contributed by atoms with Crippen molar-refractivity contribution in [1.29, 1.82) is 5.26 Å². The van der Waals surface area contributed by atoms with Crippen LogP contribution in [0.1, 0.15) is 45.4 Å². The van der Waals surface area contributed by atoms with E-state index in [1.807, 2.05) is 11.8 Å². The minimum Gasteiger partial charge on any atom is -0.338 e. The van der Waals surface area contributed by atoms with Crippen LogP contribution < -0.4 is 0 Å². The molecule has 0 aromatic carbocycles. The fourth-order valence-corrected chi connectivity index (χ4v) is 2.12. The smallest absolute Gasteiger partial charge is 0.240 e. The summed E-state index contributed by atoms with van der Waals surface area (Å²) in [5.74, 6) is 0.425. The summed E-state index contributed by atoms with van der Waals surface area (Å²) in [6.07, 6.45) is 6.43. The van der Waals surface area contributed by atoms with Gasteiger partial charge in [-0.25, -0.2) is 0 Å². The van der Waals surface area contributed by atoms with E-state index in [9.17, 15) is 4.79 Å². The van der Waals surface area contributed by atoms with Crippen LogP contribution in [0.25, 0.3) is 0 Å². The number of amides is 1. The summed E-state index contributed by atoms with van der Waals surface area (Å²) in [6, 6.07) is 2.63. The molecule has 1 atom stereocenters. The quantitative estimate of drug-likeness (QED) is 0.689. The van der Waals surface area contributed by atoms with E-state index in [0.717, 1.165) is 31.7 Å². The maximum absolute atomic E-state index is 12.2. The average Bonchev–Trinajstić information content (AvgIpc) is 3.15. The van der Waals surface area contributed by atoms with Crippen molar-refractivity contribution in [3.8, 4) is 6.07 Å². The highest BCUT2D eigenvalue weighted by molar-refractivity contribution is 5.81. The fourth-order valence-electron chi connectivity index (χ4n) is 2.12. The lowest BCUT2D eigenvalue weighted by atomic mass is 10.0. The van der Waals surface area contributed by atoms with Crippen LogP contribution >= 0.6 is 0 Å². The van der Waals surface area contributed by atoms with Crippen LogP contribution in [0.5, 0.6) is 0 Å². The van der Waals surface area contributed by atoms with Gasteiger partial charge < -0.3 is 4.90 Å². The van der Waals surface area contributed by atoms with Crippen LogP contribution in [0.4, 0.5) is 0 Å². The van der Waals surface area contributed by atoms with Gasteiger partial charge in [0, 0.05) is 12.6 Å². The highest BCUT2D eigenvalue weighted by Gasteiger charge is 2.38. The van der Waals surface area contributed by atoms with Crippen molar-refractivity contribution in [2.45, 2.75) is 51.5 Å². The van der Waals surface area contributed by atoms with Crippen molar-refractivity contribution in [2.75, 3.05) is 6.54 Å². The Balaban J connectivity index is 1.94. The van der Waals surface area contributed by atoms with Gasteiger partial charge in [-0.3, -0.25) is 4.79 Å². The van der Waals surface area contributed by atoms with Crippen molar-refractivity contribution >= 4 is 5.91 Å². The predicted octanol–water partition coefficient (Wildman–Crippen LogP) is 2.33. The largest absolute Gasteiger partial charge is 0.338 e. The zero-order valence-corrected chi connectivity index (χ0v) is 9.98. The van der Waals surface area contributed by atoms with E-state index in [2.05, 4.69) is 6.07 Å². The zero-order valence-electron chi connectivity index (χ0n) is 9.98. The number of nitriles is 1. The van der Waals surface area contributed by atoms with Gasteiger partial charge in [0.05, 0.1) is 6.07 Å². The Bertz CT molecular complexity index is 300. The SMILES string of the molecule is CCCC(C#N)C(=O)N(CC1CC1)C1CC1. The molecule has 2 aliphatic carbocycles. The number of carbonyl (C=O) groups excluding carboxylic acids is 1. The summed E-state index contributed by atoms with van der Waals surface area (Å²) in [5, 5.41) is 9.03. The number of carbonyl (C=O) groups is 1. The number of hydrogen-bond donors (Lipinski definition) is 0. The predicted molar refractivity (Wildman–Crippen MR) is 61.5 cm³/mol. The zero-order chi connectivity index (χ0) is 11.5. The average molecular weight is 220 g/mol. The van der Waals surface area contributed by atoms with Gasteiger partial charge in [-0.1, -0.05) is 13.3 Å². The second-order valence-electron chi connectivity index (χ2n) is 5.14. The standard InChI is InChI=1S/C13H20N2O/c1-2-3-11(8-14)13(16)15(12-6-7-12)9-10-4-5-10/h10-12H,2-7,9H2,1H3. The molecule has 3 nitrogen and oxygen atoms in total. The Labute approximate surface area is 97.4 Å². The fraction of sp³-hybridized carbons (Fsp3) is 0.846. The molecule has 0 bridgehead atoms. The number of rotatable bonds is 6. The molecule has 3 heteroatoms. The Kier molecular flexibility index (Phi) is 3.48. The minimum absolute atomic E-state index is 0.0961. The Morgan fingerprint density at radius 3 is 2.56 bits per heavy atom. The van der Waals surface area contributed by atoms with Crippen LogP contribution in [0.3, 0.4) is 0 Å². The van der Waals surface area contributed by atoms with Crippen LogP contribution in [-0.2, 0) is 4.79 Å². The summed E-state index contributed by atoms with van der Waals surface area (Å²) in [6.45, 7) is 2.94. The number of hydrogen-bond acceptors (Lipinski definition) is 2. The maximum Gasteiger partial charge on any atom is 0.240 e. The molecule has 16 heavy (non-hydrogen) atoms. The molecule has 2 fully saturated rings. The van der Waals surface area contributed by atoms with Gasteiger partial charge in [-0.05, 0) is 38.0 Å². The Morgan fingerprint density at radius 2 is 2.12 bits per heavy atom. The molecular formula is C13H20N2O. The third-order valence-corrected chi connectivity index (χ3v) is 3.45. The van der Waals surface area contributed by atoms with Gasteiger partial charge in [-0.2, -0.15) is 5.26 Å². The third-order valence-electron chi connectivity index (χ3n) is 3.45. The molecule has 0 aromatic heterocycles. The first kappa shape index (κ1) is 11.4. The molecule has 1 amide bonds. The molecule has 0 heterocycles. The Hall–Kier alpha value is -1.04. The summed E-state index contributed by atoms with van der Waals surface area (Å²) in [5.41, 5.74) is 0. The van der Waals surface area contributed by atoms with Crippen molar-refractivity contribution in [3.63, 3.8) is 0 Å². The first-order chi connectivity index (χ1) is 7.76. The van der Waals surface area contributed by atoms with Crippen LogP contribution in [0, 0.1) is 23.2 Å². The van der Waals surface area contributed by atoms with Gasteiger partial charge in [0.1, 0.15) is 5.92 Å². The molecule has 88 valence electrons. The third kappa shape index (κ3) is 2.75. The van der Waals surface area contributed by atoms with Crippen molar-refractivity contribution in [2.24, 2.45) is 11.8 Å². The van der Waals surface area contributed by atoms with E-state index >= 15 is 0 Å². The number of nitrogens with zero attached hydrogens (tertiary/aromatic N) is 2. The molecule has 0 radical (unpaired) electrons. The molecule has 2 saturated carbocycles. The molecule has 0 N–H and O–H groups in total. The van der Waals surface area contributed by atoms with Crippen LogP contribution in [0.15, 0.2) is 0 Å². The molecule has 2 rings (SSSR count). The van der Waals surface area contributed by atoms with Crippen LogP contribution in [-0.4, -0.2) is 23.4 Å². The van der Waals surface area contributed by atoms with Gasteiger partial charge in [0.25, 0.3) is 0 Å². The highest BCUT2D eigenvalue weighted by Crippen LogP contribution is 2.35. The van der Waals surface area contributed by atoms with Crippen molar-refractivity contribution in [3.05, 3.63) is 0 Å². The summed E-state index contributed by atoms with van der Waals surface area (Å²) in [4.78, 5) is 14.2. The lowest BCUT2D eigenvalue weighted by Crippen LogP contribution is -2.38. The van der Waals surface area contributed by atoms with Gasteiger partial charge in [0.15, 0.2) is 0 Å². The second kappa shape index (κ2) is 4.86. The van der Waals surface area contributed by atoms with Crippen molar-refractivity contribution in [1.82, 2.24) is 4.90 Å². The van der Waals surface area contributed by atoms with E-state index in [4.69, 9.17) is 5.26 Å². The highest BCUT2D eigenvalue weighted by atomic mass is 16.2. The van der Waals surface area contributed by atoms with Crippen LogP contribution in [0.2, 0.25) is 0 Å². The van der Waals surface area contributed by atoms with Gasteiger partial charge >= 0.3 is 0 Å². The monoisotopic (exact) mass is 220 g/mol. The normalized spacial score (nSPS) is 21.2. The maximum atomic E-state index is 12.2. The van der Waals surface area contributed by atoms with Gasteiger partial charge in [0.2, 0.25) is 5.91 Å². The molecular weight excluding hydrogens is 200 g/mol. The molecule has 0 spiro atoms. The van der Waals surface area contributed by atoms with E-state index in [1.54, 1.807) is 0 Å². The summed E-state index contributed by atoms with van der Waals surface area (Å²) < 4.78 is 0. The molecule has 0 aromatic rings.